The smallest absolute Gasteiger partial charge is 0.263 e. The number of nitrogens with one attached hydrogen (secondary N) is 2. The van der Waals surface area contributed by atoms with Crippen molar-refractivity contribution < 1.29 is 9.90 Å². The molecule has 4 bridgehead atoms. The Morgan fingerprint density at radius 1 is 1.31 bits per heavy atom. The zero-order valence-corrected chi connectivity index (χ0v) is 17.4. The van der Waals surface area contributed by atoms with Gasteiger partial charge < -0.3 is 20.3 Å². The molecule has 4 aliphatic carbocycles. The molecule has 3 unspecified atom stereocenters. The zero-order chi connectivity index (χ0) is 20.2. The quantitative estimate of drug-likeness (QED) is 0.723. The Kier molecular flexibility index (Phi) is 4.63. The molecule has 5 fully saturated rings. The lowest BCUT2D eigenvalue weighted by Crippen LogP contribution is -2.65. The fourth-order valence-corrected chi connectivity index (χ4v) is 7.11. The number of aryl methyl sites for hydroxylation is 1. The van der Waals surface area contributed by atoms with Crippen LogP contribution in [0.1, 0.15) is 67.3 Å². The number of amides is 1. The number of hydrogen-bond acceptors (Lipinski definition) is 4. The molecule has 1 aromatic rings. The zero-order valence-electron chi connectivity index (χ0n) is 17.4. The van der Waals surface area contributed by atoms with Crippen molar-refractivity contribution in [3.05, 3.63) is 33.7 Å². The normalized spacial score (nSPS) is 38.2. The topological polar surface area (TPSA) is 83.4 Å². The Labute approximate surface area is 172 Å². The van der Waals surface area contributed by atoms with E-state index in [4.69, 9.17) is 0 Å². The van der Waals surface area contributed by atoms with Crippen molar-refractivity contribution in [1.82, 2.24) is 15.2 Å². The molecular weight excluding hydrogens is 366 g/mol. The minimum Gasteiger partial charge on any atom is -0.390 e. The monoisotopic (exact) mass is 399 g/mol. The average Bonchev–Trinajstić information content (AvgIpc) is 2.62. The summed E-state index contributed by atoms with van der Waals surface area (Å²) in [5, 5.41) is 17.6. The SMILES string of the molecule is Cc1ccn(CC2CCCNC2)c(=O)c1C(=O)NC12CC3CC(CC(O)(C3)C1)C2. The van der Waals surface area contributed by atoms with Gasteiger partial charge in [0, 0.05) is 18.3 Å². The number of carbonyl (C=O) groups is 1. The summed E-state index contributed by atoms with van der Waals surface area (Å²) < 4.78 is 1.72. The van der Waals surface area contributed by atoms with Gasteiger partial charge in [0.15, 0.2) is 0 Å². The van der Waals surface area contributed by atoms with Crippen LogP contribution in [0.3, 0.4) is 0 Å². The minimum atomic E-state index is -0.628. The second-order valence-corrected chi connectivity index (χ2v) is 10.5. The lowest BCUT2D eigenvalue weighted by Gasteiger charge is -2.60. The number of carbonyl (C=O) groups excluding carboxylic acids is 1. The molecule has 6 heteroatoms. The summed E-state index contributed by atoms with van der Waals surface area (Å²) in [6, 6.07) is 1.89. The highest BCUT2D eigenvalue weighted by atomic mass is 16.3. The van der Waals surface area contributed by atoms with Crippen LogP contribution in [-0.2, 0) is 6.54 Å². The van der Waals surface area contributed by atoms with Crippen molar-refractivity contribution in [2.45, 2.75) is 76.0 Å². The Bertz CT molecular complexity index is 857. The first-order valence-corrected chi connectivity index (χ1v) is 11.3. The summed E-state index contributed by atoms with van der Waals surface area (Å²) in [5.74, 6) is 1.16. The Morgan fingerprint density at radius 2 is 2.07 bits per heavy atom. The van der Waals surface area contributed by atoms with Crippen LogP contribution in [0.4, 0.5) is 0 Å². The van der Waals surface area contributed by atoms with E-state index < -0.39 is 5.60 Å². The molecule has 29 heavy (non-hydrogen) atoms. The summed E-state index contributed by atoms with van der Waals surface area (Å²) in [4.78, 5) is 26.5. The molecule has 0 spiro atoms. The van der Waals surface area contributed by atoms with E-state index in [0.717, 1.165) is 57.2 Å². The second kappa shape index (κ2) is 6.95. The van der Waals surface area contributed by atoms with Gasteiger partial charge in [0.05, 0.1) is 5.60 Å². The molecule has 1 aliphatic heterocycles. The van der Waals surface area contributed by atoms with Crippen LogP contribution >= 0.6 is 0 Å². The van der Waals surface area contributed by atoms with Gasteiger partial charge in [-0.3, -0.25) is 9.59 Å². The average molecular weight is 400 g/mol. The van der Waals surface area contributed by atoms with E-state index in [0.29, 0.717) is 30.7 Å². The van der Waals surface area contributed by atoms with Crippen LogP contribution in [0.2, 0.25) is 0 Å². The van der Waals surface area contributed by atoms with Crippen molar-refractivity contribution in [2.24, 2.45) is 17.8 Å². The number of pyridine rings is 1. The highest BCUT2D eigenvalue weighted by molar-refractivity contribution is 5.95. The Morgan fingerprint density at radius 3 is 2.72 bits per heavy atom. The van der Waals surface area contributed by atoms with Crippen LogP contribution in [0.25, 0.3) is 0 Å². The summed E-state index contributed by atoms with van der Waals surface area (Å²) in [6.45, 7) is 4.47. The van der Waals surface area contributed by atoms with Crippen LogP contribution < -0.4 is 16.2 Å². The van der Waals surface area contributed by atoms with Crippen molar-refractivity contribution in [3.63, 3.8) is 0 Å². The first-order valence-electron chi connectivity index (χ1n) is 11.3. The third kappa shape index (κ3) is 3.55. The van der Waals surface area contributed by atoms with Gasteiger partial charge in [-0.15, -0.1) is 0 Å². The number of rotatable bonds is 4. The molecule has 1 saturated heterocycles. The maximum Gasteiger partial charge on any atom is 0.263 e. The van der Waals surface area contributed by atoms with Crippen LogP contribution in [0.5, 0.6) is 0 Å². The van der Waals surface area contributed by atoms with Crippen molar-refractivity contribution in [2.75, 3.05) is 13.1 Å². The Balaban J connectivity index is 1.38. The fraction of sp³-hybridized carbons (Fsp3) is 0.739. The van der Waals surface area contributed by atoms with Gasteiger partial charge in [-0.1, -0.05) is 0 Å². The molecule has 1 amide bonds. The van der Waals surface area contributed by atoms with Crippen LogP contribution in [0, 0.1) is 24.7 Å². The molecule has 1 aromatic heterocycles. The number of nitrogens with zero attached hydrogens (tertiary/aromatic N) is 1. The second-order valence-electron chi connectivity index (χ2n) is 10.5. The van der Waals surface area contributed by atoms with E-state index in [2.05, 4.69) is 10.6 Å². The van der Waals surface area contributed by atoms with Crippen LogP contribution in [0.15, 0.2) is 17.1 Å². The highest BCUT2D eigenvalue weighted by Crippen LogP contribution is 2.57. The standard InChI is InChI=1S/C23H33N3O3/c1-15-4-6-26(13-16-3-2-5-24-12-16)21(28)19(15)20(27)25-22-8-17-7-18(9-22)11-23(29,10-17)14-22/h4,6,16-18,24,29H,2-3,5,7-14H2,1H3,(H,25,27). The number of hydrogen-bond donors (Lipinski definition) is 3. The summed E-state index contributed by atoms with van der Waals surface area (Å²) in [6.07, 6.45) is 9.49. The molecule has 3 atom stereocenters. The summed E-state index contributed by atoms with van der Waals surface area (Å²) >= 11 is 0. The lowest BCUT2D eigenvalue weighted by atomic mass is 9.51. The van der Waals surface area contributed by atoms with E-state index in [1.165, 1.54) is 6.42 Å². The van der Waals surface area contributed by atoms with E-state index in [1.54, 1.807) is 4.57 Å². The summed E-state index contributed by atoms with van der Waals surface area (Å²) in [5.41, 5.74) is -0.149. The highest BCUT2D eigenvalue weighted by Gasteiger charge is 2.57. The van der Waals surface area contributed by atoms with Crippen molar-refractivity contribution in [3.8, 4) is 0 Å². The first-order chi connectivity index (χ1) is 13.8. The number of aromatic nitrogens is 1. The number of piperidine rings is 1. The third-order valence-electron chi connectivity index (χ3n) is 7.86. The summed E-state index contributed by atoms with van der Waals surface area (Å²) in [7, 11) is 0. The van der Waals surface area contributed by atoms with Gasteiger partial charge in [-0.25, -0.2) is 0 Å². The van der Waals surface area contributed by atoms with Gasteiger partial charge in [0.1, 0.15) is 5.56 Å². The van der Waals surface area contributed by atoms with E-state index in [1.807, 2.05) is 19.2 Å². The maximum atomic E-state index is 13.3. The van der Waals surface area contributed by atoms with Crippen LogP contribution in [-0.4, -0.2) is 39.8 Å². The van der Waals surface area contributed by atoms with E-state index >= 15 is 0 Å². The fourth-order valence-electron chi connectivity index (χ4n) is 7.11. The molecule has 3 N–H and O–H groups in total. The maximum absolute atomic E-state index is 13.3. The van der Waals surface area contributed by atoms with Crippen molar-refractivity contribution >= 4 is 5.91 Å². The molecule has 0 aromatic carbocycles. The van der Waals surface area contributed by atoms with Gasteiger partial charge >= 0.3 is 0 Å². The molecule has 2 heterocycles. The molecule has 5 aliphatic rings. The molecule has 6 rings (SSSR count). The first kappa shape index (κ1) is 19.3. The third-order valence-corrected chi connectivity index (χ3v) is 7.86. The van der Waals surface area contributed by atoms with E-state index in [-0.39, 0.29) is 22.6 Å². The minimum absolute atomic E-state index is 0.184. The van der Waals surface area contributed by atoms with Gasteiger partial charge in [-0.2, -0.15) is 0 Å². The lowest BCUT2D eigenvalue weighted by molar-refractivity contribution is -0.139. The number of aliphatic hydroxyl groups is 1. The molecule has 158 valence electrons. The van der Waals surface area contributed by atoms with Gasteiger partial charge in [0.25, 0.3) is 11.5 Å². The predicted octanol–water partition coefficient (Wildman–Crippen LogP) is 1.97. The molecular formula is C23H33N3O3. The van der Waals surface area contributed by atoms with Crippen molar-refractivity contribution in [1.29, 1.82) is 0 Å². The molecule has 6 nitrogen and oxygen atoms in total. The van der Waals surface area contributed by atoms with Gasteiger partial charge in [0.2, 0.25) is 0 Å². The van der Waals surface area contributed by atoms with Gasteiger partial charge in [-0.05, 0) is 101 Å². The molecule has 4 saturated carbocycles. The molecule has 0 radical (unpaired) electrons. The Hall–Kier alpha value is -1.66. The predicted molar refractivity (Wildman–Crippen MR) is 111 cm³/mol. The largest absolute Gasteiger partial charge is 0.390 e. The van der Waals surface area contributed by atoms with E-state index in [9.17, 15) is 14.7 Å².